The number of hydrogen-bond donors (Lipinski definition) is 0. The lowest BCUT2D eigenvalue weighted by atomic mass is 9.82. The molecule has 2 nitrogen and oxygen atoms in total. The Labute approximate surface area is 186 Å². The highest BCUT2D eigenvalue weighted by molar-refractivity contribution is 5.92. The lowest BCUT2D eigenvalue weighted by molar-refractivity contribution is 0.0730. The van der Waals surface area contributed by atoms with E-state index in [1.54, 1.807) is 24.3 Å². The van der Waals surface area contributed by atoms with E-state index in [1.807, 2.05) is 6.92 Å². The topological polar surface area (TPSA) is 26.3 Å². The molecule has 0 amide bonds. The van der Waals surface area contributed by atoms with Gasteiger partial charge in [-0.25, -0.2) is 13.6 Å². The van der Waals surface area contributed by atoms with Gasteiger partial charge >= 0.3 is 5.97 Å². The molecule has 3 aromatic rings. The molecule has 4 heteroatoms. The summed E-state index contributed by atoms with van der Waals surface area (Å²) in [4.78, 5) is 12.5. The molecule has 0 N–H and O–H groups in total. The highest BCUT2D eigenvalue weighted by atomic mass is 19.1. The molecule has 3 aromatic carbocycles. The lowest BCUT2D eigenvalue weighted by Crippen LogP contribution is -2.11. The van der Waals surface area contributed by atoms with E-state index in [9.17, 15) is 13.6 Å². The largest absolute Gasteiger partial charge is 0.423 e. The second-order valence-electron chi connectivity index (χ2n) is 8.11. The first-order valence-corrected chi connectivity index (χ1v) is 10.9. The molecule has 0 unspecified atom stereocenters. The van der Waals surface area contributed by atoms with Gasteiger partial charge in [-0.2, -0.15) is 0 Å². The number of hydrogen-bond acceptors (Lipinski definition) is 2. The molecule has 162 valence electrons. The summed E-state index contributed by atoms with van der Waals surface area (Å²) in [6.07, 6.45) is 8.71. The van der Waals surface area contributed by atoms with Crippen molar-refractivity contribution in [1.82, 2.24) is 0 Å². The Hall–Kier alpha value is -3.45. The van der Waals surface area contributed by atoms with Crippen molar-refractivity contribution >= 4 is 16.7 Å². The van der Waals surface area contributed by atoms with Gasteiger partial charge in [0.2, 0.25) is 0 Å². The zero-order valence-corrected chi connectivity index (χ0v) is 17.9. The van der Waals surface area contributed by atoms with E-state index in [2.05, 4.69) is 24.0 Å². The minimum absolute atomic E-state index is 0.165. The number of fused-ring (bicyclic) bond motifs is 1. The fraction of sp³-hybridized carbons (Fsp3) is 0.250. The quantitative estimate of drug-likeness (QED) is 0.192. The van der Waals surface area contributed by atoms with Gasteiger partial charge in [-0.15, -0.1) is 0 Å². The summed E-state index contributed by atoms with van der Waals surface area (Å²) in [5.74, 6) is 5.65. The van der Waals surface area contributed by atoms with Crippen molar-refractivity contribution < 1.29 is 18.3 Å². The van der Waals surface area contributed by atoms with Crippen LogP contribution in [0.4, 0.5) is 8.78 Å². The van der Waals surface area contributed by atoms with E-state index in [4.69, 9.17) is 4.74 Å². The Morgan fingerprint density at radius 2 is 1.81 bits per heavy atom. The Morgan fingerprint density at radius 1 is 1.00 bits per heavy atom. The second kappa shape index (κ2) is 9.78. The molecule has 1 aliphatic rings. The molecule has 1 saturated carbocycles. The van der Waals surface area contributed by atoms with Crippen LogP contribution in [0.2, 0.25) is 0 Å². The standard InChI is InChI=1S/C28H24F2O2/c1-2-4-19-7-9-20(10-8-19)11-12-21-13-15-25(27(30)17-21)28(31)32-23-14-16-24-22(18-23)5-3-6-26(24)29/h2-6,13-20H,7-10H2,1H3/b4-2+. The normalized spacial score (nSPS) is 18.3. The zero-order chi connectivity index (χ0) is 22.5. The first-order valence-electron chi connectivity index (χ1n) is 10.9. The molecular formula is C28H24F2O2. The van der Waals surface area contributed by atoms with Crippen molar-refractivity contribution in [2.24, 2.45) is 11.8 Å². The maximum Gasteiger partial charge on any atom is 0.346 e. The molecule has 4 rings (SSSR count). The Kier molecular flexibility index (Phi) is 6.66. The number of benzene rings is 3. The lowest BCUT2D eigenvalue weighted by Gasteiger charge is -2.22. The molecule has 0 saturated heterocycles. The first kappa shape index (κ1) is 21.8. The van der Waals surface area contributed by atoms with Gasteiger partial charge in [0, 0.05) is 16.9 Å². The molecule has 0 heterocycles. The molecular weight excluding hydrogens is 406 g/mol. The first-order chi connectivity index (χ1) is 15.5. The minimum Gasteiger partial charge on any atom is -0.423 e. The summed E-state index contributed by atoms with van der Waals surface area (Å²) < 4.78 is 33.7. The molecule has 1 aliphatic carbocycles. The van der Waals surface area contributed by atoms with Gasteiger partial charge in [-0.05, 0) is 86.4 Å². The summed E-state index contributed by atoms with van der Waals surface area (Å²) in [5.41, 5.74) is 0.373. The van der Waals surface area contributed by atoms with E-state index in [1.165, 1.54) is 30.3 Å². The molecule has 0 atom stereocenters. The highest BCUT2D eigenvalue weighted by Crippen LogP contribution is 2.29. The zero-order valence-electron chi connectivity index (χ0n) is 17.9. The van der Waals surface area contributed by atoms with Crippen LogP contribution in [0.5, 0.6) is 5.75 Å². The average molecular weight is 430 g/mol. The maximum atomic E-state index is 14.6. The second-order valence-corrected chi connectivity index (χ2v) is 8.11. The Bertz CT molecular complexity index is 1230. The third-order valence-electron chi connectivity index (χ3n) is 5.86. The summed E-state index contributed by atoms with van der Waals surface area (Å²) in [6, 6.07) is 13.5. The number of esters is 1. The Balaban J connectivity index is 1.43. The molecule has 1 fully saturated rings. The van der Waals surface area contributed by atoms with Gasteiger partial charge in [0.25, 0.3) is 0 Å². The number of carbonyl (C=O) groups excluding carboxylic acids is 1. The third kappa shape index (κ3) is 5.06. The van der Waals surface area contributed by atoms with Gasteiger partial charge in [-0.3, -0.25) is 0 Å². The van der Waals surface area contributed by atoms with E-state index >= 15 is 0 Å². The van der Waals surface area contributed by atoms with E-state index in [0.717, 1.165) is 25.7 Å². The predicted octanol–water partition coefficient (Wildman–Crippen LogP) is 7.07. The van der Waals surface area contributed by atoms with Crippen molar-refractivity contribution in [2.45, 2.75) is 32.6 Å². The van der Waals surface area contributed by atoms with Crippen LogP contribution in [-0.2, 0) is 0 Å². The van der Waals surface area contributed by atoms with Crippen LogP contribution in [0, 0.1) is 35.3 Å². The number of rotatable bonds is 3. The smallest absolute Gasteiger partial charge is 0.346 e. The third-order valence-corrected chi connectivity index (χ3v) is 5.86. The summed E-state index contributed by atoms with van der Waals surface area (Å²) >= 11 is 0. The van der Waals surface area contributed by atoms with Gasteiger partial charge in [0.15, 0.2) is 0 Å². The van der Waals surface area contributed by atoms with Crippen LogP contribution in [0.15, 0.2) is 66.7 Å². The van der Waals surface area contributed by atoms with Crippen molar-refractivity contribution in [2.75, 3.05) is 0 Å². The van der Waals surface area contributed by atoms with E-state index in [0.29, 0.717) is 28.2 Å². The van der Waals surface area contributed by atoms with Crippen LogP contribution < -0.4 is 4.74 Å². The molecule has 0 spiro atoms. The van der Waals surface area contributed by atoms with E-state index < -0.39 is 11.8 Å². The van der Waals surface area contributed by atoms with Crippen molar-refractivity contribution in [3.63, 3.8) is 0 Å². The summed E-state index contributed by atoms with van der Waals surface area (Å²) in [7, 11) is 0. The summed E-state index contributed by atoms with van der Waals surface area (Å²) in [6.45, 7) is 2.04. The van der Waals surface area contributed by atoms with Crippen molar-refractivity contribution in [3.8, 4) is 17.6 Å². The number of allylic oxidation sites excluding steroid dienone is 2. The van der Waals surface area contributed by atoms with Gasteiger partial charge < -0.3 is 4.74 Å². The molecule has 0 bridgehead atoms. The fourth-order valence-corrected chi connectivity index (χ4v) is 4.12. The monoisotopic (exact) mass is 430 g/mol. The van der Waals surface area contributed by atoms with E-state index in [-0.39, 0.29) is 17.1 Å². The fourth-order valence-electron chi connectivity index (χ4n) is 4.12. The van der Waals surface area contributed by atoms with Crippen LogP contribution >= 0.6 is 0 Å². The molecule has 32 heavy (non-hydrogen) atoms. The molecule has 0 radical (unpaired) electrons. The number of carbonyl (C=O) groups is 1. The minimum atomic E-state index is -0.805. The molecule has 0 aliphatic heterocycles. The maximum absolute atomic E-state index is 14.6. The summed E-state index contributed by atoms with van der Waals surface area (Å²) in [5, 5.41) is 1.03. The van der Waals surface area contributed by atoms with Gasteiger partial charge in [0.05, 0.1) is 5.56 Å². The van der Waals surface area contributed by atoms with Gasteiger partial charge in [-0.1, -0.05) is 36.1 Å². The van der Waals surface area contributed by atoms with Crippen molar-refractivity contribution in [3.05, 3.63) is 89.5 Å². The van der Waals surface area contributed by atoms with Crippen molar-refractivity contribution in [1.29, 1.82) is 0 Å². The van der Waals surface area contributed by atoms with Crippen LogP contribution in [0.3, 0.4) is 0 Å². The predicted molar refractivity (Wildman–Crippen MR) is 122 cm³/mol. The van der Waals surface area contributed by atoms with Crippen LogP contribution in [-0.4, -0.2) is 5.97 Å². The van der Waals surface area contributed by atoms with Crippen LogP contribution in [0.25, 0.3) is 10.8 Å². The SMILES string of the molecule is C/C=C/C1CCC(C#Cc2ccc(C(=O)Oc3ccc4c(F)cccc4c3)c(F)c2)CC1. The average Bonchev–Trinajstić information content (AvgIpc) is 2.79. The molecule has 0 aromatic heterocycles. The number of halogens is 2. The van der Waals surface area contributed by atoms with Gasteiger partial charge in [0.1, 0.15) is 17.4 Å². The Morgan fingerprint density at radius 3 is 2.56 bits per heavy atom. The van der Waals surface area contributed by atoms with Crippen LogP contribution in [0.1, 0.15) is 48.5 Å². The number of ether oxygens (including phenoxy) is 1. The highest BCUT2D eigenvalue weighted by Gasteiger charge is 2.18.